The van der Waals surface area contributed by atoms with E-state index in [-0.39, 0.29) is 11.7 Å². The zero-order valence-corrected chi connectivity index (χ0v) is 12.0. The summed E-state index contributed by atoms with van der Waals surface area (Å²) in [7, 11) is 0. The Morgan fingerprint density at radius 3 is 2.65 bits per heavy atom. The van der Waals surface area contributed by atoms with Crippen molar-refractivity contribution in [2.45, 2.75) is 25.7 Å². The molecule has 5 heteroatoms. The van der Waals surface area contributed by atoms with Crippen LogP contribution >= 0.6 is 11.3 Å². The molecular weight excluding hydrogens is 270 g/mol. The predicted octanol–water partition coefficient (Wildman–Crippen LogP) is 3.84. The number of nitrogens with zero attached hydrogens (tertiary/aromatic N) is 1. The van der Waals surface area contributed by atoms with Crippen molar-refractivity contribution in [3.05, 3.63) is 35.2 Å². The number of thiazole rings is 1. The van der Waals surface area contributed by atoms with Gasteiger partial charge in [-0.1, -0.05) is 42.4 Å². The minimum absolute atomic E-state index is 0.141. The lowest BCUT2D eigenvalue weighted by molar-refractivity contribution is 0.0927. The number of carbonyl (C=O) groups is 1. The van der Waals surface area contributed by atoms with Crippen molar-refractivity contribution in [1.29, 1.82) is 0 Å². The first kappa shape index (κ1) is 13.1. The molecule has 1 aliphatic rings. The quantitative estimate of drug-likeness (QED) is 0.838. The van der Waals surface area contributed by atoms with Crippen molar-refractivity contribution < 1.29 is 4.79 Å². The highest BCUT2D eigenvalue weighted by Crippen LogP contribution is 2.34. The fourth-order valence-electron chi connectivity index (χ4n) is 2.58. The summed E-state index contributed by atoms with van der Waals surface area (Å²) in [4.78, 5) is 17.3. The van der Waals surface area contributed by atoms with E-state index in [0.29, 0.717) is 15.8 Å². The number of para-hydroxylation sites is 1. The van der Waals surface area contributed by atoms with Gasteiger partial charge in [0.2, 0.25) is 0 Å². The Kier molecular flexibility index (Phi) is 3.69. The monoisotopic (exact) mass is 287 g/mol. The number of ketones is 1. The normalized spacial score (nSPS) is 15.4. The molecule has 4 nitrogen and oxygen atoms in total. The van der Waals surface area contributed by atoms with Gasteiger partial charge in [0.15, 0.2) is 10.9 Å². The number of anilines is 3. The lowest BCUT2D eigenvalue weighted by atomic mass is 10.0. The molecule has 3 N–H and O–H groups in total. The number of nitrogens with two attached hydrogens (primary N) is 1. The van der Waals surface area contributed by atoms with Crippen LogP contribution in [0.1, 0.15) is 35.4 Å². The maximum Gasteiger partial charge on any atom is 0.189 e. The fourth-order valence-corrected chi connectivity index (χ4v) is 3.50. The number of carbonyl (C=O) groups excluding carboxylic acids is 1. The highest BCUT2D eigenvalue weighted by molar-refractivity contribution is 7.18. The van der Waals surface area contributed by atoms with Gasteiger partial charge in [-0.05, 0) is 25.0 Å². The zero-order chi connectivity index (χ0) is 13.9. The van der Waals surface area contributed by atoms with Gasteiger partial charge in [0.1, 0.15) is 10.7 Å². The van der Waals surface area contributed by atoms with Crippen LogP contribution in [0.2, 0.25) is 0 Å². The first-order valence-electron chi connectivity index (χ1n) is 6.86. The van der Waals surface area contributed by atoms with Crippen molar-refractivity contribution in [3.63, 3.8) is 0 Å². The van der Waals surface area contributed by atoms with E-state index in [1.807, 2.05) is 30.3 Å². The number of aromatic nitrogens is 1. The smallest absolute Gasteiger partial charge is 0.189 e. The Bertz CT molecular complexity index is 603. The maximum atomic E-state index is 12.4. The van der Waals surface area contributed by atoms with Crippen LogP contribution < -0.4 is 11.1 Å². The van der Waals surface area contributed by atoms with Crippen LogP contribution in [0.4, 0.5) is 16.6 Å². The number of Topliss-reactive ketones (excluding diaryl/α,β-unsaturated/α-hetero) is 1. The molecule has 0 spiro atoms. The topological polar surface area (TPSA) is 68.0 Å². The first-order chi connectivity index (χ1) is 9.74. The summed E-state index contributed by atoms with van der Waals surface area (Å²) < 4.78 is 0. The molecule has 0 bridgehead atoms. The maximum absolute atomic E-state index is 12.4. The van der Waals surface area contributed by atoms with Crippen LogP contribution in [0, 0.1) is 5.92 Å². The minimum Gasteiger partial charge on any atom is -0.382 e. The van der Waals surface area contributed by atoms with Gasteiger partial charge in [0, 0.05) is 11.6 Å². The molecule has 2 aromatic rings. The van der Waals surface area contributed by atoms with Crippen LogP contribution in [0.25, 0.3) is 0 Å². The van der Waals surface area contributed by atoms with E-state index < -0.39 is 0 Å². The van der Waals surface area contributed by atoms with Crippen LogP contribution in [-0.4, -0.2) is 10.8 Å². The summed E-state index contributed by atoms with van der Waals surface area (Å²) in [5.41, 5.74) is 6.85. The summed E-state index contributed by atoms with van der Waals surface area (Å²) in [6.07, 6.45) is 4.25. The Balaban J connectivity index is 1.78. The van der Waals surface area contributed by atoms with Gasteiger partial charge >= 0.3 is 0 Å². The van der Waals surface area contributed by atoms with Crippen molar-refractivity contribution in [3.8, 4) is 0 Å². The third-order valence-corrected chi connectivity index (χ3v) is 4.63. The Labute approximate surface area is 122 Å². The Morgan fingerprint density at radius 1 is 1.25 bits per heavy atom. The number of nitrogen functional groups attached to an aromatic ring is 1. The van der Waals surface area contributed by atoms with Crippen LogP contribution in [0.15, 0.2) is 30.3 Å². The summed E-state index contributed by atoms with van der Waals surface area (Å²) in [6.45, 7) is 0. The molecule has 0 atom stereocenters. The zero-order valence-electron chi connectivity index (χ0n) is 11.1. The second-order valence-corrected chi connectivity index (χ2v) is 6.07. The van der Waals surface area contributed by atoms with Gasteiger partial charge in [0.25, 0.3) is 0 Å². The van der Waals surface area contributed by atoms with Crippen molar-refractivity contribution in [1.82, 2.24) is 4.98 Å². The van der Waals surface area contributed by atoms with Crippen LogP contribution in [-0.2, 0) is 0 Å². The molecule has 20 heavy (non-hydrogen) atoms. The fraction of sp³-hybridized carbons (Fsp3) is 0.333. The summed E-state index contributed by atoms with van der Waals surface area (Å²) in [6, 6.07) is 9.76. The van der Waals surface area contributed by atoms with E-state index >= 15 is 0 Å². The van der Waals surface area contributed by atoms with E-state index in [2.05, 4.69) is 10.3 Å². The van der Waals surface area contributed by atoms with Gasteiger partial charge in [-0.3, -0.25) is 4.79 Å². The van der Waals surface area contributed by atoms with E-state index in [0.717, 1.165) is 31.4 Å². The van der Waals surface area contributed by atoms with Gasteiger partial charge in [-0.2, -0.15) is 0 Å². The largest absolute Gasteiger partial charge is 0.382 e. The molecule has 0 amide bonds. The summed E-state index contributed by atoms with van der Waals surface area (Å²) in [5, 5.41) is 3.86. The first-order valence-corrected chi connectivity index (χ1v) is 7.68. The average Bonchev–Trinajstić information content (AvgIpc) is 3.09. The predicted molar refractivity (Wildman–Crippen MR) is 82.5 cm³/mol. The van der Waals surface area contributed by atoms with Gasteiger partial charge in [-0.25, -0.2) is 4.98 Å². The molecule has 1 fully saturated rings. The standard InChI is InChI=1S/C15H17N3OS/c16-14-13(12(19)10-6-4-5-7-10)20-15(18-14)17-11-8-2-1-3-9-11/h1-3,8-10H,4-7,16H2,(H,17,18). The van der Waals surface area contributed by atoms with Gasteiger partial charge in [-0.15, -0.1) is 0 Å². The molecule has 1 saturated carbocycles. The Morgan fingerprint density at radius 2 is 1.95 bits per heavy atom. The van der Waals surface area contributed by atoms with Crippen molar-refractivity contribution >= 4 is 33.8 Å². The second-order valence-electron chi connectivity index (χ2n) is 5.07. The second kappa shape index (κ2) is 5.63. The lowest BCUT2D eigenvalue weighted by Crippen LogP contribution is -2.11. The average molecular weight is 287 g/mol. The van der Waals surface area contributed by atoms with Crippen LogP contribution in [0.5, 0.6) is 0 Å². The third kappa shape index (κ3) is 2.67. The molecule has 0 aliphatic heterocycles. The molecule has 3 rings (SSSR count). The van der Waals surface area contributed by atoms with E-state index in [1.54, 1.807) is 0 Å². The molecule has 1 aliphatic carbocycles. The molecule has 1 heterocycles. The number of hydrogen-bond donors (Lipinski definition) is 2. The number of hydrogen-bond acceptors (Lipinski definition) is 5. The van der Waals surface area contributed by atoms with Gasteiger partial charge in [0.05, 0.1) is 0 Å². The number of benzene rings is 1. The van der Waals surface area contributed by atoms with Gasteiger partial charge < -0.3 is 11.1 Å². The molecule has 104 valence electrons. The molecule has 0 saturated heterocycles. The molecular formula is C15H17N3OS. The van der Waals surface area contributed by atoms with E-state index in [1.165, 1.54) is 11.3 Å². The van der Waals surface area contributed by atoms with E-state index in [4.69, 9.17) is 5.73 Å². The number of rotatable bonds is 4. The van der Waals surface area contributed by atoms with Crippen molar-refractivity contribution in [2.75, 3.05) is 11.1 Å². The summed E-state index contributed by atoms with van der Waals surface area (Å²) >= 11 is 1.35. The molecule has 1 aromatic heterocycles. The molecule has 0 unspecified atom stereocenters. The van der Waals surface area contributed by atoms with Crippen molar-refractivity contribution in [2.24, 2.45) is 5.92 Å². The summed E-state index contributed by atoms with van der Waals surface area (Å²) in [5.74, 6) is 0.659. The van der Waals surface area contributed by atoms with Crippen LogP contribution in [0.3, 0.4) is 0 Å². The number of nitrogens with one attached hydrogen (secondary N) is 1. The highest BCUT2D eigenvalue weighted by Gasteiger charge is 2.27. The lowest BCUT2D eigenvalue weighted by Gasteiger charge is -2.05. The highest BCUT2D eigenvalue weighted by atomic mass is 32.1. The molecule has 0 radical (unpaired) electrons. The molecule has 1 aromatic carbocycles. The van der Waals surface area contributed by atoms with E-state index in [9.17, 15) is 4.79 Å². The SMILES string of the molecule is Nc1nc(Nc2ccccc2)sc1C(=O)C1CCCC1. The third-order valence-electron chi connectivity index (χ3n) is 3.63. The Hall–Kier alpha value is -1.88. The minimum atomic E-state index is 0.141.